The maximum atomic E-state index is 12.4. The number of rotatable bonds is 6. The average Bonchev–Trinajstić information content (AvgIpc) is 2.61. The van der Waals surface area contributed by atoms with Crippen LogP contribution in [0.15, 0.2) is 12.4 Å². The van der Waals surface area contributed by atoms with E-state index in [0.717, 1.165) is 30.9 Å². The second-order valence-electron chi connectivity index (χ2n) is 7.99. The lowest BCUT2D eigenvalue weighted by Gasteiger charge is -2.48. The Morgan fingerprint density at radius 1 is 1.16 bits per heavy atom. The van der Waals surface area contributed by atoms with Crippen LogP contribution in [-0.2, 0) is 11.3 Å². The fraction of sp³-hybridized carbons (Fsp3) is 0.750. The van der Waals surface area contributed by atoms with Gasteiger partial charge in [-0.3, -0.25) is 14.8 Å². The Hall–Kier alpha value is -1.49. The SMILES string of the molecule is CCCCCN1CCC[C@]2(CCC(=O)N(Cc3cnc(C)cn3)C2)C1. The summed E-state index contributed by atoms with van der Waals surface area (Å²) in [5, 5.41) is 0. The van der Waals surface area contributed by atoms with Gasteiger partial charge < -0.3 is 9.80 Å². The van der Waals surface area contributed by atoms with Crippen LogP contribution in [-0.4, -0.2) is 51.9 Å². The van der Waals surface area contributed by atoms with Crippen LogP contribution in [0, 0.1) is 12.3 Å². The summed E-state index contributed by atoms with van der Waals surface area (Å²) in [6, 6.07) is 0. The van der Waals surface area contributed by atoms with Gasteiger partial charge in [-0.05, 0) is 45.7 Å². The van der Waals surface area contributed by atoms with E-state index in [2.05, 4.69) is 21.8 Å². The number of hydrogen-bond acceptors (Lipinski definition) is 4. The number of carbonyl (C=O) groups is 1. The van der Waals surface area contributed by atoms with E-state index in [1.54, 1.807) is 6.20 Å². The largest absolute Gasteiger partial charge is 0.336 e. The van der Waals surface area contributed by atoms with Crippen molar-refractivity contribution in [3.63, 3.8) is 0 Å². The summed E-state index contributed by atoms with van der Waals surface area (Å²) in [6.07, 6.45) is 11.7. The van der Waals surface area contributed by atoms with Gasteiger partial charge in [-0.2, -0.15) is 0 Å². The number of hydrogen-bond donors (Lipinski definition) is 0. The summed E-state index contributed by atoms with van der Waals surface area (Å²) in [6.45, 7) is 9.27. The van der Waals surface area contributed by atoms with Crippen molar-refractivity contribution in [2.45, 2.75) is 65.3 Å². The molecule has 0 N–H and O–H groups in total. The molecule has 0 bridgehead atoms. The Morgan fingerprint density at radius 2 is 2.04 bits per heavy atom. The molecule has 0 unspecified atom stereocenters. The summed E-state index contributed by atoms with van der Waals surface area (Å²) >= 11 is 0. The van der Waals surface area contributed by atoms with Crippen molar-refractivity contribution in [1.82, 2.24) is 19.8 Å². The van der Waals surface area contributed by atoms with E-state index in [1.165, 1.54) is 45.2 Å². The first-order valence-corrected chi connectivity index (χ1v) is 9.88. The van der Waals surface area contributed by atoms with Crippen molar-refractivity contribution >= 4 is 5.91 Å². The standard InChI is InChI=1S/C20H32N4O/c1-3-4-5-10-23-11-6-8-20(15-23)9-7-19(25)24(16-20)14-18-13-21-17(2)12-22-18/h12-13H,3-11,14-16H2,1-2H3/t20-/m0/s1. The van der Waals surface area contributed by atoms with Gasteiger partial charge in [-0.25, -0.2) is 0 Å². The number of aromatic nitrogens is 2. The van der Waals surface area contributed by atoms with Crippen LogP contribution in [0.25, 0.3) is 0 Å². The maximum absolute atomic E-state index is 12.4. The highest BCUT2D eigenvalue weighted by Crippen LogP contribution is 2.39. The van der Waals surface area contributed by atoms with Gasteiger partial charge in [0.05, 0.1) is 24.1 Å². The monoisotopic (exact) mass is 344 g/mol. The summed E-state index contributed by atoms with van der Waals surface area (Å²) < 4.78 is 0. The van der Waals surface area contributed by atoms with Crippen LogP contribution < -0.4 is 0 Å². The van der Waals surface area contributed by atoms with E-state index < -0.39 is 0 Å². The smallest absolute Gasteiger partial charge is 0.222 e. The molecule has 0 saturated carbocycles. The Labute approximate surface area is 151 Å². The van der Waals surface area contributed by atoms with E-state index in [9.17, 15) is 4.79 Å². The second kappa shape index (κ2) is 8.26. The van der Waals surface area contributed by atoms with E-state index in [0.29, 0.717) is 13.0 Å². The third-order valence-corrected chi connectivity index (χ3v) is 5.75. The van der Waals surface area contributed by atoms with Gasteiger partial charge in [0.1, 0.15) is 0 Å². The summed E-state index contributed by atoms with van der Waals surface area (Å²) in [5.74, 6) is 0.274. The molecular weight excluding hydrogens is 312 g/mol. The van der Waals surface area contributed by atoms with Crippen LogP contribution in [0.4, 0.5) is 0 Å². The van der Waals surface area contributed by atoms with E-state index in [4.69, 9.17) is 0 Å². The molecular formula is C20H32N4O. The van der Waals surface area contributed by atoms with Gasteiger partial charge in [0.2, 0.25) is 5.91 Å². The molecule has 25 heavy (non-hydrogen) atoms. The quantitative estimate of drug-likeness (QED) is 0.744. The predicted molar refractivity (Wildman–Crippen MR) is 99.1 cm³/mol. The molecule has 2 saturated heterocycles. The fourth-order valence-corrected chi connectivity index (χ4v) is 4.36. The lowest BCUT2D eigenvalue weighted by atomic mass is 9.73. The number of piperidine rings is 2. The van der Waals surface area contributed by atoms with Crippen molar-refractivity contribution < 1.29 is 4.79 Å². The first-order valence-electron chi connectivity index (χ1n) is 9.88. The molecule has 5 heteroatoms. The molecule has 0 radical (unpaired) electrons. The Bertz CT molecular complexity index is 574. The molecule has 2 aliphatic rings. The zero-order valence-corrected chi connectivity index (χ0v) is 15.8. The molecule has 1 aromatic rings. The number of nitrogens with zero attached hydrogens (tertiary/aromatic N) is 4. The van der Waals surface area contributed by atoms with Crippen molar-refractivity contribution in [2.75, 3.05) is 26.2 Å². The van der Waals surface area contributed by atoms with E-state index >= 15 is 0 Å². The molecule has 1 spiro atoms. The van der Waals surface area contributed by atoms with E-state index in [-0.39, 0.29) is 11.3 Å². The van der Waals surface area contributed by atoms with Gasteiger partial charge in [0.15, 0.2) is 0 Å². The van der Waals surface area contributed by atoms with Crippen LogP contribution >= 0.6 is 0 Å². The van der Waals surface area contributed by atoms with Crippen LogP contribution in [0.3, 0.4) is 0 Å². The molecule has 138 valence electrons. The number of likely N-dealkylation sites (tertiary alicyclic amines) is 2. The highest BCUT2D eigenvalue weighted by Gasteiger charge is 2.41. The lowest BCUT2D eigenvalue weighted by Crippen LogP contribution is -2.53. The molecule has 3 heterocycles. The van der Waals surface area contributed by atoms with Gasteiger partial charge in [-0.15, -0.1) is 0 Å². The minimum Gasteiger partial charge on any atom is -0.336 e. The molecule has 1 amide bonds. The molecule has 3 rings (SSSR count). The molecule has 0 aromatic carbocycles. The summed E-state index contributed by atoms with van der Waals surface area (Å²) in [7, 11) is 0. The third kappa shape index (κ3) is 4.78. The van der Waals surface area contributed by atoms with Crippen molar-refractivity contribution in [3.8, 4) is 0 Å². The van der Waals surface area contributed by atoms with Crippen molar-refractivity contribution in [2.24, 2.45) is 5.41 Å². The number of carbonyl (C=O) groups excluding carboxylic acids is 1. The molecule has 2 aliphatic heterocycles. The highest BCUT2D eigenvalue weighted by molar-refractivity contribution is 5.77. The summed E-state index contributed by atoms with van der Waals surface area (Å²) in [4.78, 5) is 25.9. The Balaban J connectivity index is 1.62. The predicted octanol–water partition coefficient (Wildman–Crippen LogP) is 3.18. The summed E-state index contributed by atoms with van der Waals surface area (Å²) in [5.41, 5.74) is 2.10. The van der Waals surface area contributed by atoms with Crippen molar-refractivity contribution in [1.29, 1.82) is 0 Å². The van der Waals surface area contributed by atoms with Crippen LogP contribution in [0.5, 0.6) is 0 Å². The molecule has 0 aliphatic carbocycles. The number of unbranched alkanes of at least 4 members (excludes halogenated alkanes) is 2. The minimum absolute atomic E-state index is 0.274. The average molecular weight is 345 g/mol. The molecule has 2 fully saturated rings. The Kier molecular flexibility index (Phi) is 6.05. The minimum atomic E-state index is 0.274. The first kappa shape index (κ1) is 18.3. The maximum Gasteiger partial charge on any atom is 0.222 e. The third-order valence-electron chi connectivity index (χ3n) is 5.75. The topological polar surface area (TPSA) is 49.3 Å². The fourth-order valence-electron chi connectivity index (χ4n) is 4.36. The molecule has 1 atom stereocenters. The first-order chi connectivity index (χ1) is 12.1. The highest BCUT2D eigenvalue weighted by atomic mass is 16.2. The normalized spacial score (nSPS) is 24.9. The molecule has 1 aromatic heterocycles. The number of aryl methyl sites for hydroxylation is 1. The zero-order chi connectivity index (χ0) is 17.7. The van der Waals surface area contributed by atoms with Crippen LogP contribution in [0.1, 0.15) is 63.3 Å². The second-order valence-corrected chi connectivity index (χ2v) is 7.99. The van der Waals surface area contributed by atoms with Gasteiger partial charge in [-0.1, -0.05) is 19.8 Å². The molecule has 5 nitrogen and oxygen atoms in total. The Morgan fingerprint density at radius 3 is 2.80 bits per heavy atom. The number of amides is 1. The van der Waals surface area contributed by atoms with Crippen LogP contribution in [0.2, 0.25) is 0 Å². The van der Waals surface area contributed by atoms with Gasteiger partial charge in [0.25, 0.3) is 0 Å². The van der Waals surface area contributed by atoms with Crippen molar-refractivity contribution in [3.05, 3.63) is 23.8 Å². The van der Waals surface area contributed by atoms with E-state index in [1.807, 2.05) is 18.0 Å². The van der Waals surface area contributed by atoms with Gasteiger partial charge in [0, 0.05) is 31.1 Å². The van der Waals surface area contributed by atoms with Gasteiger partial charge >= 0.3 is 0 Å². The zero-order valence-electron chi connectivity index (χ0n) is 15.8. The lowest BCUT2D eigenvalue weighted by molar-refractivity contribution is -0.140.